The summed E-state index contributed by atoms with van der Waals surface area (Å²) in [5.41, 5.74) is -0.882. The third-order valence-electron chi connectivity index (χ3n) is 4.28. The lowest BCUT2D eigenvalue weighted by Crippen LogP contribution is -2.45. The second-order valence-corrected chi connectivity index (χ2v) is 7.53. The smallest absolute Gasteiger partial charge is 0.323 e. The number of nitrogens with zero attached hydrogens (tertiary/aromatic N) is 2. The first-order valence-electron chi connectivity index (χ1n) is 8.97. The summed E-state index contributed by atoms with van der Waals surface area (Å²) in [6.45, 7) is 1.94. The molecule has 1 aliphatic rings. The minimum absolute atomic E-state index is 0.00809. The first-order chi connectivity index (χ1) is 14.2. The Morgan fingerprint density at radius 2 is 1.97 bits per heavy atom. The van der Waals surface area contributed by atoms with Crippen LogP contribution in [0.25, 0.3) is 0 Å². The Balaban J connectivity index is 1.86. The zero-order valence-corrected chi connectivity index (χ0v) is 16.6. The van der Waals surface area contributed by atoms with E-state index < -0.39 is 34.6 Å². The zero-order chi connectivity index (χ0) is 21.9. The van der Waals surface area contributed by atoms with E-state index >= 15 is 0 Å². The van der Waals surface area contributed by atoms with Crippen molar-refractivity contribution < 1.29 is 27.2 Å². The van der Waals surface area contributed by atoms with Gasteiger partial charge >= 0.3 is 6.18 Å². The van der Waals surface area contributed by atoms with Gasteiger partial charge in [-0.1, -0.05) is 30.0 Å². The molecule has 0 aromatic heterocycles. The van der Waals surface area contributed by atoms with E-state index in [1.165, 1.54) is 35.2 Å². The van der Waals surface area contributed by atoms with Crippen LogP contribution in [0.5, 0.6) is 0 Å². The summed E-state index contributed by atoms with van der Waals surface area (Å²) in [4.78, 5) is 30.5. The third kappa shape index (κ3) is 4.99. The van der Waals surface area contributed by atoms with Crippen molar-refractivity contribution in [2.24, 2.45) is 4.99 Å². The summed E-state index contributed by atoms with van der Waals surface area (Å²) in [5, 5.41) is 1.65. The molecular formula is C20H17F4N3O2S. The number of thioether (sulfide) groups is 1. The van der Waals surface area contributed by atoms with Crippen molar-refractivity contribution in [3.8, 4) is 0 Å². The Hall–Kier alpha value is -2.88. The number of amides is 2. The van der Waals surface area contributed by atoms with Gasteiger partial charge in [-0.2, -0.15) is 13.2 Å². The molecule has 1 fully saturated rings. The maximum absolute atomic E-state index is 13.8. The predicted molar refractivity (Wildman–Crippen MR) is 107 cm³/mol. The Kier molecular flexibility index (Phi) is 6.45. The largest absolute Gasteiger partial charge is 0.416 e. The number of anilines is 1. The molecule has 0 bridgehead atoms. The molecule has 0 saturated carbocycles. The van der Waals surface area contributed by atoms with Crippen molar-refractivity contribution in [1.29, 1.82) is 0 Å². The summed E-state index contributed by atoms with van der Waals surface area (Å²) in [6.07, 6.45) is -4.67. The number of hydrogen-bond donors (Lipinski definition) is 1. The van der Waals surface area contributed by atoms with Gasteiger partial charge in [-0.15, -0.1) is 0 Å². The zero-order valence-electron chi connectivity index (χ0n) is 15.7. The number of rotatable bonds is 4. The van der Waals surface area contributed by atoms with Crippen molar-refractivity contribution in [2.75, 3.05) is 11.9 Å². The number of alkyl halides is 3. The minimum Gasteiger partial charge on any atom is -0.323 e. The van der Waals surface area contributed by atoms with Gasteiger partial charge in [0.25, 0.3) is 0 Å². The Morgan fingerprint density at radius 3 is 2.63 bits per heavy atom. The van der Waals surface area contributed by atoms with Gasteiger partial charge in [-0.3, -0.25) is 14.5 Å². The van der Waals surface area contributed by atoms with Gasteiger partial charge in [0.05, 0.1) is 16.9 Å². The van der Waals surface area contributed by atoms with Gasteiger partial charge in [0.1, 0.15) is 11.1 Å². The maximum Gasteiger partial charge on any atom is 0.416 e. The quantitative estimate of drug-likeness (QED) is 0.695. The molecule has 1 saturated heterocycles. The van der Waals surface area contributed by atoms with E-state index in [1.807, 2.05) is 0 Å². The van der Waals surface area contributed by atoms with E-state index in [9.17, 15) is 27.2 Å². The number of carbonyl (C=O) groups is 2. The number of para-hydroxylation sites is 1. The van der Waals surface area contributed by atoms with Crippen LogP contribution in [0, 0.1) is 5.82 Å². The molecule has 0 radical (unpaired) electrons. The van der Waals surface area contributed by atoms with Gasteiger partial charge < -0.3 is 5.32 Å². The van der Waals surface area contributed by atoms with Crippen LogP contribution in [-0.4, -0.2) is 33.7 Å². The Labute approximate surface area is 174 Å². The van der Waals surface area contributed by atoms with E-state index in [4.69, 9.17) is 0 Å². The van der Waals surface area contributed by atoms with Crippen LogP contribution in [0.15, 0.2) is 53.5 Å². The molecule has 0 spiro atoms. The van der Waals surface area contributed by atoms with Gasteiger partial charge in [-0.05, 0) is 37.3 Å². The minimum atomic E-state index is -4.53. The highest BCUT2D eigenvalue weighted by molar-refractivity contribution is 8.15. The molecule has 1 N–H and O–H groups in total. The van der Waals surface area contributed by atoms with Crippen LogP contribution < -0.4 is 5.32 Å². The highest BCUT2D eigenvalue weighted by atomic mass is 32.2. The van der Waals surface area contributed by atoms with E-state index in [0.717, 1.165) is 23.9 Å². The third-order valence-corrected chi connectivity index (χ3v) is 5.47. The monoisotopic (exact) mass is 439 g/mol. The number of halogens is 4. The first-order valence-corrected chi connectivity index (χ1v) is 9.85. The number of nitrogens with one attached hydrogen (secondary N) is 1. The summed E-state index contributed by atoms with van der Waals surface area (Å²) in [7, 11) is 0. The lowest BCUT2D eigenvalue weighted by atomic mass is 10.2. The first kappa shape index (κ1) is 21.8. The molecule has 2 amide bonds. The van der Waals surface area contributed by atoms with Crippen LogP contribution in [-0.2, 0) is 15.8 Å². The van der Waals surface area contributed by atoms with Gasteiger partial charge in [0.2, 0.25) is 11.8 Å². The van der Waals surface area contributed by atoms with Crippen LogP contribution >= 0.6 is 11.8 Å². The van der Waals surface area contributed by atoms with E-state index in [1.54, 1.807) is 13.0 Å². The molecule has 1 unspecified atom stereocenters. The molecule has 2 aromatic carbocycles. The average molecular weight is 439 g/mol. The Morgan fingerprint density at radius 1 is 1.23 bits per heavy atom. The van der Waals surface area contributed by atoms with Crippen LogP contribution in [0.4, 0.5) is 28.9 Å². The summed E-state index contributed by atoms with van der Waals surface area (Å²) in [5.74, 6) is -1.60. The number of benzene rings is 2. The van der Waals surface area contributed by atoms with Crippen LogP contribution in [0.1, 0.15) is 18.9 Å². The molecule has 158 valence electrons. The fraction of sp³-hybridized carbons (Fsp3) is 0.250. The predicted octanol–water partition coefficient (Wildman–Crippen LogP) is 4.82. The highest BCUT2D eigenvalue weighted by Crippen LogP contribution is 2.33. The van der Waals surface area contributed by atoms with Crippen molar-refractivity contribution in [3.63, 3.8) is 0 Å². The molecule has 10 heteroatoms. The number of aliphatic imine (C=N–C) groups is 1. The lowest BCUT2D eigenvalue weighted by molar-refractivity contribution is -0.137. The SMILES string of the molecule is CCN1C(=O)CC(C(=O)Nc2ccccc2F)SC1=Nc1cccc(C(F)(F)F)c1. The molecule has 30 heavy (non-hydrogen) atoms. The standard InChI is InChI=1S/C20H17F4N3O2S/c1-2-27-17(28)11-16(18(29)26-15-9-4-3-8-14(15)21)30-19(27)25-13-7-5-6-12(10-13)20(22,23)24/h3-10,16H,2,11H2,1H3,(H,26,29). The molecular weight excluding hydrogens is 422 g/mol. The molecule has 1 heterocycles. The summed E-state index contributed by atoms with van der Waals surface area (Å²) < 4.78 is 52.7. The van der Waals surface area contributed by atoms with Gasteiger partial charge in [-0.25, -0.2) is 9.38 Å². The molecule has 1 atom stereocenters. The average Bonchev–Trinajstić information content (AvgIpc) is 2.69. The number of amidine groups is 1. The highest BCUT2D eigenvalue weighted by Gasteiger charge is 2.36. The van der Waals surface area contributed by atoms with Crippen molar-refractivity contribution in [3.05, 3.63) is 59.9 Å². The lowest BCUT2D eigenvalue weighted by Gasteiger charge is -2.31. The fourth-order valence-corrected chi connectivity index (χ4v) is 3.95. The summed E-state index contributed by atoms with van der Waals surface area (Å²) >= 11 is 0.949. The second kappa shape index (κ2) is 8.86. The number of carbonyl (C=O) groups excluding carboxylic acids is 2. The number of hydrogen-bond acceptors (Lipinski definition) is 4. The van der Waals surface area contributed by atoms with Crippen molar-refractivity contribution >= 4 is 40.1 Å². The van der Waals surface area contributed by atoms with Crippen LogP contribution in [0.2, 0.25) is 0 Å². The van der Waals surface area contributed by atoms with E-state index in [-0.39, 0.29) is 29.5 Å². The van der Waals surface area contributed by atoms with Gasteiger partial charge in [0, 0.05) is 13.0 Å². The topological polar surface area (TPSA) is 61.8 Å². The van der Waals surface area contributed by atoms with Crippen LogP contribution in [0.3, 0.4) is 0 Å². The molecule has 2 aromatic rings. The van der Waals surface area contributed by atoms with Crippen molar-refractivity contribution in [2.45, 2.75) is 24.8 Å². The summed E-state index contributed by atoms with van der Waals surface area (Å²) in [6, 6.07) is 9.99. The van der Waals surface area contributed by atoms with Crippen molar-refractivity contribution in [1.82, 2.24) is 4.90 Å². The van der Waals surface area contributed by atoms with E-state index in [0.29, 0.717) is 0 Å². The fourth-order valence-electron chi connectivity index (χ4n) is 2.79. The maximum atomic E-state index is 13.8. The Bertz CT molecular complexity index is 994. The second-order valence-electron chi connectivity index (χ2n) is 6.36. The normalized spacial score (nSPS) is 18.6. The van der Waals surface area contributed by atoms with Gasteiger partial charge in [0.15, 0.2) is 5.17 Å². The van der Waals surface area contributed by atoms with E-state index in [2.05, 4.69) is 10.3 Å². The molecule has 1 aliphatic heterocycles. The molecule has 5 nitrogen and oxygen atoms in total. The molecule has 0 aliphatic carbocycles. The molecule has 3 rings (SSSR count).